The zero-order valence-electron chi connectivity index (χ0n) is 13.5. The summed E-state index contributed by atoms with van der Waals surface area (Å²) in [4.78, 5) is 23.1. The fourth-order valence-electron chi connectivity index (χ4n) is 2.45. The van der Waals surface area contributed by atoms with Gasteiger partial charge in [-0.3, -0.25) is 0 Å². The highest BCUT2D eigenvalue weighted by Crippen LogP contribution is 2.24. The van der Waals surface area contributed by atoms with Crippen molar-refractivity contribution in [3.05, 3.63) is 30.1 Å². The highest BCUT2D eigenvalue weighted by atomic mass is 16.5. The minimum atomic E-state index is -0.470. The van der Waals surface area contributed by atoms with E-state index in [1.807, 2.05) is 24.3 Å². The highest BCUT2D eigenvalue weighted by molar-refractivity contribution is 5.94. The number of para-hydroxylation sites is 1. The van der Waals surface area contributed by atoms with Crippen LogP contribution >= 0.6 is 0 Å². The highest BCUT2D eigenvalue weighted by Gasteiger charge is 2.18. The number of carbonyl (C=O) groups is 1. The molecule has 0 saturated heterocycles. The Hall–Kier alpha value is -2.17. The first-order valence-electron chi connectivity index (χ1n) is 7.90. The van der Waals surface area contributed by atoms with Gasteiger partial charge in [0.05, 0.1) is 12.1 Å². The Morgan fingerprint density at radius 1 is 1.09 bits per heavy atom. The predicted octanol–water partition coefficient (Wildman–Crippen LogP) is 3.43. The number of carbonyl (C=O) groups excluding carboxylic acids is 1. The number of rotatable bonds is 7. The van der Waals surface area contributed by atoms with Crippen molar-refractivity contribution in [1.82, 2.24) is 9.97 Å². The van der Waals surface area contributed by atoms with Crippen molar-refractivity contribution in [2.75, 3.05) is 24.6 Å². The number of esters is 1. The standard InChI is InChI=1S/C17H23N3O2/c1-4-11-20(12-5-2)16-13-9-7-8-10-14(13)18-15(19-16)17(21)22-6-3/h7-10H,4-6,11-12H2,1-3H3. The van der Waals surface area contributed by atoms with Crippen molar-refractivity contribution < 1.29 is 9.53 Å². The number of nitrogens with zero attached hydrogens (tertiary/aromatic N) is 3. The number of ether oxygens (including phenoxy) is 1. The molecule has 0 aliphatic carbocycles. The molecule has 0 aliphatic rings. The molecule has 0 N–H and O–H groups in total. The largest absolute Gasteiger partial charge is 0.460 e. The lowest BCUT2D eigenvalue weighted by molar-refractivity contribution is 0.0512. The molecule has 0 amide bonds. The van der Waals surface area contributed by atoms with Gasteiger partial charge in [-0.2, -0.15) is 0 Å². The first-order chi connectivity index (χ1) is 10.7. The molecule has 0 atom stereocenters. The Labute approximate surface area is 131 Å². The van der Waals surface area contributed by atoms with Crippen molar-refractivity contribution in [2.45, 2.75) is 33.6 Å². The first kappa shape index (κ1) is 16.2. The molecule has 1 aromatic heterocycles. The third-order valence-electron chi connectivity index (χ3n) is 3.33. The summed E-state index contributed by atoms with van der Waals surface area (Å²) in [6.45, 7) is 8.17. The Bertz CT molecular complexity index is 637. The summed E-state index contributed by atoms with van der Waals surface area (Å²) in [5, 5.41) is 0.970. The zero-order valence-corrected chi connectivity index (χ0v) is 13.5. The van der Waals surface area contributed by atoms with Gasteiger partial charge in [-0.05, 0) is 31.9 Å². The van der Waals surface area contributed by atoms with Crippen LogP contribution in [-0.2, 0) is 4.74 Å². The van der Waals surface area contributed by atoms with Crippen LogP contribution in [0.2, 0.25) is 0 Å². The molecular formula is C17H23N3O2. The lowest BCUT2D eigenvalue weighted by Crippen LogP contribution is -2.27. The van der Waals surface area contributed by atoms with Gasteiger partial charge in [0.1, 0.15) is 5.82 Å². The van der Waals surface area contributed by atoms with Gasteiger partial charge in [0.2, 0.25) is 5.82 Å². The molecule has 22 heavy (non-hydrogen) atoms. The van der Waals surface area contributed by atoms with Crippen LogP contribution in [0.1, 0.15) is 44.2 Å². The minimum absolute atomic E-state index is 0.132. The zero-order chi connectivity index (χ0) is 15.9. The van der Waals surface area contributed by atoms with E-state index >= 15 is 0 Å². The van der Waals surface area contributed by atoms with Gasteiger partial charge < -0.3 is 9.64 Å². The van der Waals surface area contributed by atoms with Crippen LogP contribution in [0.15, 0.2) is 24.3 Å². The SMILES string of the molecule is CCCN(CCC)c1nc(C(=O)OCC)nc2ccccc12. The monoisotopic (exact) mass is 301 g/mol. The van der Waals surface area contributed by atoms with E-state index in [9.17, 15) is 4.79 Å². The number of benzene rings is 1. The smallest absolute Gasteiger partial charge is 0.376 e. The second-order valence-electron chi connectivity index (χ2n) is 5.10. The second kappa shape index (κ2) is 7.73. The molecule has 0 spiro atoms. The Morgan fingerprint density at radius 2 is 1.77 bits per heavy atom. The van der Waals surface area contributed by atoms with E-state index in [1.54, 1.807) is 6.92 Å². The number of anilines is 1. The third-order valence-corrected chi connectivity index (χ3v) is 3.33. The van der Waals surface area contributed by atoms with Gasteiger partial charge in [-0.15, -0.1) is 0 Å². The summed E-state index contributed by atoms with van der Waals surface area (Å²) in [5.74, 6) is 0.479. The molecule has 0 fully saturated rings. The lowest BCUT2D eigenvalue weighted by Gasteiger charge is -2.24. The number of aromatic nitrogens is 2. The predicted molar refractivity (Wildman–Crippen MR) is 88.3 cm³/mol. The summed E-state index contributed by atoms with van der Waals surface area (Å²) in [7, 11) is 0. The first-order valence-corrected chi connectivity index (χ1v) is 7.90. The van der Waals surface area contributed by atoms with E-state index in [-0.39, 0.29) is 5.82 Å². The number of hydrogen-bond donors (Lipinski definition) is 0. The Balaban J connectivity index is 2.55. The van der Waals surface area contributed by atoms with Crippen molar-refractivity contribution in [3.8, 4) is 0 Å². The molecule has 2 rings (SSSR count). The Kier molecular flexibility index (Phi) is 5.69. The van der Waals surface area contributed by atoms with Crippen molar-refractivity contribution >= 4 is 22.7 Å². The van der Waals surface area contributed by atoms with Crippen LogP contribution in [0.3, 0.4) is 0 Å². The fraction of sp³-hybridized carbons (Fsp3) is 0.471. The van der Waals surface area contributed by atoms with Crippen LogP contribution in [0.5, 0.6) is 0 Å². The maximum absolute atomic E-state index is 12.0. The van der Waals surface area contributed by atoms with Crippen LogP contribution in [0.25, 0.3) is 10.9 Å². The summed E-state index contributed by atoms with van der Waals surface area (Å²) >= 11 is 0. The number of fused-ring (bicyclic) bond motifs is 1. The maximum Gasteiger partial charge on any atom is 0.376 e. The molecular weight excluding hydrogens is 278 g/mol. The number of hydrogen-bond acceptors (Lipinski definition) is 5. The van der Waals surface area contributed by atoms with Crippen molar-refractivity contribution in [1.29, 1.82) is 0 Å². The summed E-state index contributed by atoms with van der Waals surface area (Å²) in [5.41, 5.74) is 0.771. The molecule has 1 heterocycles. The van der Waals surface area contributed by atoms with Crippen LogP contribution in [-0.4, -0.2) is 35.6 Å². The molecule has 5 heteroatoms. The molecule has 0 bridgehead atoms. The van der Waals surface area contributed by atoms with Gasteiger partial charge in [0.15, 0.2) is 0 Å². The van der Waals surface area contributed by atoms with Crippen LogP contribution in [0.4, 0.5) is 5.82 Å². The van der Waals surface area contributed by atoms with E-state index in [0.717, 1.165) is 42.7 Å². The van der Waals surface area contributed by atoms with Crippen molar-refractivity contribution in [2.24, 2.45) is 0 Å². The van der Waals surface area contributed by atoms with Gasteiger partial charge >= 0.3 is 5.97 Å². The van der Waals surface area contributed by atoms with Gasteiger partial charge in [0.25, 0.3) is 0 Å². The molecule has 5 nitrogen and oxygen atoms in total. The van der Waals surface area contributed by atoms with E-state index in [2.05, 4.69) is 28.7 Å². The quantitative estimate of drug-likeness (QED) is 0.733. The van der Waals surface area contributed by atoms with Gasteiger partial charge in [0, 0.05) is 18.5 Å². The molecule has 0 unspecified atom stereocenters. The molecule has 0 saturated carbocycles. The maximum atomic E-state index is 12.0. The van der Waals surface area contributed by atoms with Crippen LogP contribution in [0, 0.1) is 0 Å². The second-order valence-corrected chi connectivity index (χ2v) is 5.10. The lowest BCUT2D eigenvalue weighted by atomic mass is 10.2. The van der Waals surface area contributed by atoms with Gasteiger partial charge in [-0.1, -0.05) is 26.0 Å². The summed E-state index contributed by atoms with van der Waals surface area (Å²) < 4.78 is 5.05. The minimum Gasteiger partial charge on any atom is -0.460 e. The van der Waals surface area contributed by atoms with E-state index in [1.165, 1.54) is 0 Å². The topological polar surface area (TPSA) is 55.3 Å². The average Bonchev–Trinajstić information content (AvgIpc) is 2.54. The molecule has 1 aromatic carbocycles. The average molecular weight is 301 g/mol. The molecule has 0 aliphatic heterocycles. The molecule has 0 radical (unpaired) electrons. The third kappa shape index (κ3) is 3.53. The normalized spacial score (nSPS) is 10.7. The Morgan fingerprint density at radius 3 is 2.41 bits per heavy atom. The summed E-state index contributed by atoms with van der Waals surface area (Å²) in [6.07, 6.45) is 2.04. The summed E-state index contributed by atoms with van der Waals surface area (Å²) in [6, 6.07) is 7.78. The van der Waals surface area contributed by atoms with E-state index in [0.29, 0.717) is 6.61 Å². The molecule has 2 aromatic rings. The van der Waals surface area contributed by atoms with E-state index < -0.39 is 5.97 Å². The van der Waals surface area contributed by atoms with Crippen LogP contribution < -0.4 is 4.90 Å². The van der Waals surface area contributed by atoms with E-state index in [4.69, 9.17) is 4.74 Å². The van der Waals surface area contributed by atoms with Gasteiger partial charge in [-0.25, -0.2) is 14.8 Å². The molecule has 118 valence electrons. The fourth-order valence-corrected chi connectivity index (χ4v) is 2.45. The van der Waals surface area contributed by atoms with Crippen molar-refractivity contribution in [3.63, 3.8) is 0 Å².